The molecule has 0 atom stereocenters. The molecule has 0 saturated heterocycles. The van der Waals surface area contributed by atoms with E-state index >= 15 is 0 Å². The predicted molar refractivity (Wildman–Crippen MR) is 92.7 cm³/mol. The van der Waals surface area contributed by atoms with Crippen molar-refractivity contribution in [2.24, 2.45) is 5.92 Å². The highest BCUT2D eigenvalue weighted by Gasteiger charge is 2.13. The van der Waals surface area contributed by atoms with Crippen LogP contribution < -0.4 is 10.0 Å². The highest BCUT2D eigenvalue weighted by molar-refractivity contribution is 7.89. The van der Waals surface area contributed by atoms with E-state index in [1.54, 1.807) is 24.3 Å². The Balaban J connectivity index is 2.51. The van der Waals surface area contributed by atoms with E-state index in [4.69, 9.17) is 0 Å². The molecule has 0 aliphatic heterocycles. The van der Waals surface area contributed by atoms with Gasteiger partial charge in [-0.2, -0.15) is 0 Å². The third-order valence-electron chi connectivity index (χ3n) is 3.41. The average molecular weight is 340 g/mol. The van der Waals surface area contributed by atoms with Gasteiger partial charge in [-0.3, -0.25) is 4.79 Å². The molecule has 0 aliphatic rings. The van der Waals surface area contributed by atoms with E-state index in [1.807, 2.05) is 13.8 Å². The fourth-order valence-electron chi connectivity index (χ4n) is 1.95. The highest BCUT2D eigenvalue weighted by atomic mass is 32.2. The van der Waals surface area contributed by atoms with Gasteiger partial charge in [-0.25, -0.2) is 13.1 Å². The summed E-state index contributed by atoms with van der Waals surface area (Å²) in [5.41, 5.74) is 0.957. The third-order valence-corrected chi connectivity index (χ3v) is 4.85. The van der Waals surface area contributed by atoms with Crippen LogP contribution in [-0.2, 0) is 21.2 Å². The van der Waals surface area contributed by atoms with Crippen LogP contribution in [0, 0.1) is 5.92 Å². The molecule has 5 nitrogen and oxygen atoms in total. The van der Waals surface area contributed by atoms with Crippen LogP contribution in [0.4, 0.5) is 0 Å². The zero-order valence-electron chi connectivity index (χ0n) is 14.3. The van der Waals surface area contributed by atoms with Gasteiger partial charge in [0.2, 0.25) is 15.9 Å². The second-order valence-corrected chi connectivity index (χ2v) is 7.86. The Labute approximate surface area is 139 Å². The van der Waals surface area contributed by atoms with E-state index in [1.165, 1.54) is 0 Å². The number of hydrogen-bond acceptors (Lipinski definition) is 3. The average Bonchev–Trinajstić information content (AvgIpc) is 2.52. The summed E-state index contributed by atoms with van der Waals surface area (Å²) in [5.74, 6) is 0.295. The van der Waals surface area contributed by atoms with Crippen molar-refractivity contribution in [3.8, 4) is 0 Å². The van der Waals surface area contributed by atoms with E-state index in [2.05, 4.69) is 17.0 Å². The van der Waals surface area contributed by atoms with Crippen LogP contribution in [0.5, 0.6) is 0 Å². The van der Waals surface area contributed by atoms with Gasteiger partial charge in [0.1, 0.15) is 0 Å². The van der Waals surface area contributed by atoms with Crippen LogP contribution in [0.25, 0.3) is 0 Å². The first kappa shape index (κ1) is 19.6. The summed E-state index contributed by atoms with van der Waals surface area (Å²) in [5, 5.41) is 2.87. The second-order valence-electron chi connectivity index (χ2n) is 6.09. The standard InChI is InChI=1S/C17H28N2O3S/c1-4-5-12-18-17(20)11-8-15-6-9-16(10-7-15)23(21,22)19-13-14(2)3/h6-7,9-10,14,19H,4-5,8,11-13H2,1-3H3,(H,18,20). The smallest absolute Gasteiger partial charge is 0.240 e. The summed E-state index contributed by atoms with van der Waals surface area (Å²) in [6.07, 6.45) is 3.07. The molecule has 0 aliphatic carbocycles. The molecule has 0 fully saturated rings. The summed E-state index contributed by atoms with van der Waals surface area (Å²) in [7, 11) is -3.45. The van der Waals surface area contributed by atoms with Crippen LogP contribution in [0.1, 0.15) is 45.6 Å². The quantitative estimate of drug-likeness (QED) is 0.643. The summed E-state index contributed by atoms with van der Waals surface area (Å²) in [6, 6.07) is 6.71. The van der Waals surface area contributed by atoms with Crippen molar-refractivity contribution in [3.63, 3.8) is 0 Å². The normalized spacial score (nSPS) is 11.7. The minimum absolute atomic E-state index is 0.0359. The third kappa shape index (κ3) is 7.61. The Hall–Kier alpha value is -1.40. The first-order chi connectivity index (χ1) is 10.8. The molecule has 0 radical (unpaired) electrons. The van der Waals surface area contributed by atoms with Gasteiger partial charge in [-0.1, -0.05) is 39.3 Å². The molecule has 130 valence electrons. The van der Waals surface area contributed by atoms with Gasteiger partial charge in [0.05, 0.1) is 4.90 Å². The zero-order valence-corrected chi connectivity index (χ0v) is 15.1. The number of rotatable bonds is 10. The minimum Gasteiger partial charge on any atom is -0.356 e. The van der Waals surface area contributed by atoms with Crippen molar-refractivity contribution in [3.05, 3.63) is 29.8 Å². The van der Waals surface area contributed by atoms with Crippen molar-refractivity contribution in [1.29, 1.82) is 0 Å². The second kappa shape index (κ2) is 9.67. The molecule has 0 aromatic heterocycles. The van der Waals surface area contributed by atoms with Crippen LogP contribution >= 0.6 is 0 Å². The number of amides is 1. The topological polar surface area (TPSA) is 75.3 Å². The molecular weight excluding hydrogens is 312 g/mol. The molecule has 2 N–H and O–H groups in total. The molecule has 0 bridgehead atoms. The number of carbonyl (C=O) groups excluding carboxylic acids is 1. The van der Waals surface area contributed by atoms with E-state index < -0.39 is 10.0 Å². The molecule has 6 heteroatoms. The molecule has 1 rings (SSSR count). The highest BCUT2D eigenvalue weighted by Crippen LogP contribution is 2.12. The van der Waals surface area contributed by atoms with Gasteiger partial charge >= 0.3 is 0 Å². The Bertz CT molecular complexity index is 580. The molecule has 1 aromatic carbocycles. The van der Waals surface area contributed by atoms with Gasteiger partial charge < -0.3 is 5.32 Å². The van der Waals surface area contributed by atoms with Gasteiger partial charge in [-0.05, 0) is 36.5 Å². The maximum Gasteiger partial charge on any atom is 0.240 e. The number of carbonyl (C=O) groups is 1. The van der Waals surface area contributed by atoms with Crippen molar-refractivity contribution in [1.82, 2.24) is 10.0 Å². The Morgan fingerprint density at radius 3 is 2.39 bits per heavy atom. The van der Waals surface area contributed by atoms with Crippen molar-refractivity contribution in [2.45, 2.75) is 51.3 Å². The van der Waals surface area contributed by atoms with Crippen molar-refractivity contribution < 1.29 is 13.2 Å². The van der Waals surface area contributed by atoms with Crippen LogP contribution in [-0.4, -0.2) is 27.4 Å². The Morgan fingerprint density at radius 1 is 1.17 bits per heavy atom. The maximum absolute atomic E-state index is 12.1. The first-order valence-electron chi connectivity index (χ1n) is 8.20. The number of aryl methyl sites for hydroxylation is 1. The molecular formula is C17H28N2O3S. The van der Waals surface area contributed by atoms with Crippen molar-refractivity contribution in [2.75, 3.05) is 13.1 Å². The minimum atomic E-state index is -3.45. The summed E-state index contributed by atoms with van der Waals surface area (Å²) < 4.78 is 26.8. The molecule has 1 amide bonds. The number of sulfonamides is 1. The lowest BCUT2D eigenvalue weighted by Gasteiger charge is -2.09. The van der Waals surface area contributed by atoms with Crippen LogP contribution in [0.3, 0.4) is 0 Å². The SMILES string of the molecule is CCCCNC(=O)CCc1ccc(S(=O)(=O)NCC(C)C)cc1. The fraction of sp³-hybridized carbons (Fsp3) is 0.588. The van der Waals surface area contributed by atoms with Gasteiger partial charge in [-0.15, -0.1) is 0 Å². The Morgan fingerprint density at radius 2 is 1.83 bits per heavy atom. The molecule has 0 saturated carbocycles. The van der Waals surface area contributed by atoms with Crippen LogP contribution in [0.15, 0.2) is 29.2 Å². The molecule has 0 unspecified atom stereocenters. The van der Waals surface area contributed by atoms with Gasteiger partial charge in [0, 0.05) is 19.5 Å². The molecule has 23 heavy (non-hydrogen) atoms. The number of nitrogens with one attached hydrogen (secondary N) is 2. The summed E-state index contributed by atoms with van der Waals surface area (Å²) in [6.45, 7) is 7.13. The molecule has 1 aromatic rings. The first-order valence-corrected chi connectivity index (χ1v) is 9.68. The lowest BCUT2D eigenvalue weighted by Crippen LogP contribution is -2.27. The van der Waals surface area contributed by atoms with E-state index in [0.29, 0.717) is 25.9 Å². The van der Waals surface area contributed by atoms with E-state index in [9.17, 15) is 13.2 Å². The van der Waals surface area contributed by atoms with Gasteiger partial charge in [0.15, 0.2) is 0 Å². The molecule has 0 spiro atoms. The molecule has 0 heterocycles. The van der Waals surface area contributed by atoms with Crippen LogP contribution in [0.2, 0.25) is 0 Å². The number of unbranched alkanes of at least 4 members (excludes halogenated alkanes) is 1. The zero-order chi connectivity index (χ0) is 17.3. The fourth-order valence-corrected chi connectivity index (χ4v) is 3.16. The van der Waals surface area contributed by atoms with E-state index in [-0.39, 0.29) is 16.7 Å². The number of hydrogen-bond donors (Lipinski definition) is 2. The monoisotopic (exact) mass is 340 g/mol. The van der Waals surface area contributed by atoms with E-state index in [0.717, 1.165) is 18.4 Å². The lowest BCUT2D eigenvalue weighted by atomic mass is 10.1. The van der Waals surface area contributed by atoms with Gasteiger partial charge in [0.25, 0.3) is 0 Å². The Kier molecular flexibility index (Phi) is 8.26. The lowest BCUT2D eigenvalue weighted by molar-refractivity contribution is -0.121. The number of benzene rings is 1. The summed E-state index contributed by atoms with van der Waals surface area (Å²) in [4.78, 5) is 11.9. The maximum atomic E-state index is 12.1. The predicted octanol–water partition coefficient (Wildman–Crippen LogP) is 2.47. The summed E-state index contributed by atoms with van der Waals surface area (Å²) >= 11 is 0. The van der Waals surface area contributed by atoms with Crippen molar-refractivity contribution >= 4 is 15.9 Å². The largest absolute Gasteiger partial charge is 0.356 e.